The molecule has 1 aliphatic rings. The van der Waals surface area contributed by atoms with E-state index in [0.717, 1.165) is 5.57 Å². The summed E-state index contributed by atoms with van der Waals surface area (Å²) in [7, 11) is 0. The molecule has 0 bridgehead atoms. The first-order valence-electron chi connectivity index (χ1n) is 7.19. The Morgan fingerprint density at radius 1 is 0.850 bits per heavy atom. The van der Waals surface area contributed by atoms with E-state index in [2.05, 4.69) is 62.4 Å². The Balaban J connectivity index is 2.13. The molecule has 0 unspecified atom stereocenters. The molecule has 1 nitrogen and oxygen atoms in total. The van der Waals surface area contributed by atoms with Gasteiger partial charge in [0.1, 0.15) is 0 Å². The van der Waals surface area contributed by atoms with Gasteiger partial charge in [0.15, 0.2) is 0 Å². The summed E-state index contributed by atoms with van der Waals surface area (Å²) < 4.78 is 0. The summed E-state index contributed by atoms with van der Waals surface area (Å²) in [6, 6.07) is 20.9. The summed E-state index contributed by atoms with van der Waals surface area (Å²) in [4.78, 5) is 0. The summed E-state index contributed by atoms with van der Waals surface area (Å²) in [5.41, 5.74) is 4.91. The molecular weight excluding hydrogens is 244 g/mol. The summed E-state index contributed by atoms with van der Waals surface area (Å²) in [6.45, 7) is 4.20. The average Bonchev–Trinajstić information content (AvgIpc) is 2.73. The van der Waals surface area contributed by atoms with E-state index in [-0.39, 0.29) is 17.9 Å². The molecule has 3 atom stereocenters. The Kier molecular flexibility index (Phi) is 3.45. The van der Waals surface area contributed by atoms with Gasteiger partial charge in [0.05, 0.1) is 6.10 Å². The highest BCUT2D eigenvalue weighted by atomic mass is 16.3. The van der Waals surface area contributed by atoms with Crippen molar-refractivity contribution < 1.29 is 5.11 Å². The van der Waals surface area contributed by atoms with Crippen LogP contribution in [0.4, 0.5) is 0 Å². The highest BCUT2D eigenvalue weighted by molar-refractivity contribution is 5.77. The number of hydrogen-bond acceptors (Lipinski definition) is 1. The maximum absolute atomic E-state index is 10.5. The molecule has 0 saturated carbocycles. The van der Waals surface area contributed by atoms with Crippen LogP contribution < -0.4 is 0 Å². The van der Waals surface area contributed by atoms with Crippen LogP contribution in [-0.4, -0.2) is 11.2 Å². The molecule has 0 aromatic heterocycles. The Bertz CT molecular complexity index is 613. The Morgan fingerprint density at radius 2 is 1.40 bits per heavy atom. The number of hydrogen-bond donors (Lipinski definition) is 1. The van der Waals surface area contributed by atoms with Gasteiger partial charge >= 0.3 is 0 Å². The fourth-order valence-electron chi connectivity index (χ4n) is 3.40. The quantitative estimate of drug-likeness (QED) is 0.859. The maximum atomic E-state index is 10.5. The molecule has 0 radical (unpaired) electrons. The predicted octanol–water partition coefficient (Wildman–Crippen LogP) is 4.25. The number of aliphatic hydroxyl groups excluding tert-OH is 1. The van der Waals surface area contributed by atoms with Crippen molar-refractivity contribution in [2.45, 2.75) is 25.9 Å². The van der Waals surface area contributed by atoms with Gasteiger partial charge in [-0.1, -0.05) is 67.6 Å². The monoisotopic (exact) mass is 264 g/mol. The maximum Gasteiger partial charge on any atom is 0.0788 e. The van der Waals surface area contributed by atoms with Crippen LogP contribution in [0.1, 0.15) is 30.9 Å². The van der Waals surface area contributed by atoms with Gasteiger partial charge in [0, 0.05) is 5.92 Å². The molecule has 0 amide bonds. The van der Waals surface area contributed by atoms with Crippen LogP contribution in [0.25, 0.3) is 5.57 Å². The zero-order valence-electron chi connectivity index (χ0n) is 12.0. The van der Waals surface area contributed by atoms with Gasteiger partial charge in [0.2, 0.25) is 0 Å². The molecule has 0 spiro atoms. The fourth-order valence-corrected chi connectivity index (χ4v) is 3.40. The summed E-state index contributed by atoms with van der Waals surface area (Å²) in [5.74, 6) is 0.487. The number of aliphatic hydroxyl groups is 1. The van der Waals surface area contributed by atoms with Crippen molar-refractivity contribution in [2.24, 2.45) is 5.92 Å². The third-order valence-electron chi connectivity index (χ3n) is 4.45. The highest BCUT2D eigenvalue weighted by Gasteiger charge is 2.38. The van der Waals surface area contributed by atoms with E-state index >= 15 is 0 Å². The van der Waals surface area contributed by atoms with Crippen molar-refractivity contribution in [1.82, 2.24) is 0 Å². The molecule has 3 rings (SSSR count). The second-order valence-corrected chi connectivity index (χ2v) is 5.66. The molecule has 2 aromatic carbocycles. The van der Waals surface area contributed by atoms with Gasteiger partial charge in [-0.2, -0.15) is 0 Å². The van der Waals surface area contributed by atoms with Crippen LogP contribution in [0.5, 0.6) is 0 Å². The van der Waals surface area contributed by atoms with Crippen LogP contribution in [0.3, 0.4) is 0 Å². The lowest BCUT2D eigenvalue weighted by molar-refractivity contribution is 0.157. The summed E-state index contributed by atoms with van der Waals surface area (Å²) in [5, 5.41) is 10.5. The normalized spacial score (nSPS) is 26.1. The first-order chi connectivity index (χ1) is 9.70. The Hall–Kier alpha value is -1.86. The largest absolute Gasteiger partial charge is 0.388 e. The van der Waals surface area contributed by atoms with Crippen molar-refractivity contribution in [3.63, 3.8) is 0 Å². The van der Waals surface area contributed by atoms with E-state index in [4.69, 9.17) is 0 Å². The van der Waals surface area contributed by atoms with Gasteiger partial charge < -0.3 is 5.11 Å². The first-order valence-corrected chi connectivity index (χ1v) is 7.19. The van der Waals surface area contributed by atoms with E-state index in [0.29, 0.717) is 0 Å². The van der Waals surface area contributed by atoms with E-state index in [1.165, 1.54) is 16.7 Å². The van der Waals surface area contributed by atoms with E-state index in [1.54, 1.807) is 0 Å². The summed E-state index contributed by atoms with van der Waals surface area (Å²) >= 11 is 0. The van der Waals surface area contributed by atoms with Gasteiger partial charge in [0.25, 0.3) is 0 Å². The molecule has 0 heterocycles. The molecule has 2 aromatic rings. The van der Waals surface area contributed by atoms with Crippen molar-refractivity contribution in [3.05, 3.63) is 77.4 Å². The standard InChI is InChI=1S/C19H20O/c1-13-17(15-9-5-3-6-10-15)18(14(2)19(13)20)16-11-7-4-8-12-16/h3-13,17,19-20H,1-2H3/t13-,17-,19+/m0/s1. The van der Waals surface area contributed by atoms with Crippen LogP contribution in [0.15, 0.2) is 66.2 Å². The lowest BCUT2D eigenvalue weighted by Crippen LogP contribution is -2.17. The molecular formula is C19H20O. The van der Waals surface area contributed by atoms with Gasteiger partial charge in [-0.15, -0.1) is 0 Å². The topological polar surface area (TPSA) is 20.2 Å². The lowest BCUT2D eigenvalue weighted by Gasteiger charge is -2.22. The predicted molar refractivity (Wildman–Crippen MR) is 83.4 cm³/mol. The van der Waals surface area contributed by atoms with Crippen LogP contribution in [0, 0.1) is 5.92 Å². The molecule has 0 fully saturated rings. The molecule has 0 saturated heterocycles. The second kappa shape index (κ2) is 5.26. The van der Waals surface area contributed by atoms with Crippen molar-refractivity contribution in [3.8, 4) is 0 Å². The lowest BCUT2D eigenvalue weighted by atomic mass is 9.83. The minimum absolute atomic E-state index is 0.215. The average molecular weight is 264 g/mol. The van der Waals surface area contributed by atoms with Crippen LogP contribution >= 0.6 is 0 Å². The van der Waals surface area contributed by atoms with E-state index in [1.807, 2.05) is 12.1 Å². The first kappa shape index (κ1) is 13.1. The molecule has 0 aliphatic heterocycles. The molecule has 1 heteroatoms. The highest BCUT2D eigenvalue weighted by Crippen LogP contribution is 2.48. The molecule has 102 valence electrons. The molecule has 1 aliphatic carbocycles. The SMILES string of the molecule is CC1=C(c2ccccc2)[C@H](c2ccccc2)[C@H](C)[C@H]1O. The fraction of sp³-hybridized carbons (Fsp3) is 0.263. The minimum atomic E-state index is -0.351. The van der Waals surface area contributed by atoms with E-state index in [9.17, 15) is 5.11 Å². The van der Waals surface area contributed by atoms with Crippen LogP contribution in [-0.2, 0) is 0 Å². The number of benzene rings is 2. The smallest absolute Gasteiger partial charge is 0.0788 e. The zero-order valence-corrected chi connectivity index (χ0v) is 12.0. The van der Waals surface area contributed by atoms with Gasteiger partial charge in [-0.05, 0) is 35.1 Å². The van der Waals surface area contributed by atoms with Crippen molar-refractivity contribution in [2.75, 3.05) is 0 Å². The van der Waals surface area contributed by atoms with Crippen molar-refractivity contribution >= 4 is 5.57 Å². The Morgan fingerprint density at radius 3 is 2.00 bits per heavy atom. The molecule has 20 heavy (non-hydrogen) atoms. The van der Waals surface area contributed by atoms with Gasteiger partial charge in [-0.25, -0.2) is 0 Å². The third kappa shape index (κ3) is 2.08. The number of rotatable bonds is 2. The van der Waals surface area contributed by atoms with Crippen molar-refractivity contribution in [1.29, 1.82) is 0 Å². The minimum Gasteiger partial charge on any atom is -0.388 e. The molecule has 1 N–H and O–H groups in total. The van der Waals surface area contributed by atoms with Crippen LogP contribution in [0.2, 0.25) is 0 Å². The zero-order chi connectivity index (χ0) is 14.1. The van der Waals surface area contributed by atoms with Gasteiger partial charge in [-0.3, -0.25) is 0 Å². The van der Waals surface area contributed by atoms with E-state index < -0.39 is 0 Å². The third-order valence-corrected chi connectivity index (χ3v) is 4.45. The second-order valence-electron chi connectivity index (χ2n) is 5.66. The summed E-state index contributed by atoms with van der Waals surface area (Å²) in [6.07, 6.45) is -0.351. The Labute approximate surface area is 120 Å². The number of allylic oxidation sites excluding steroid dienone is 1.